The maximum Gasteiger partial charge on any atom is 0.284 e. The second-order valence-corrected chi connectivity index (χ2v) is 5.27. The van der Waals surface area contributed by atoms with E-state index >= 15 is 0 Å². The molecule has 0 amide bonds. The van der Waals surface area contributed by atoms with Gasteiger partial charge in [-0.2, -0.15) is 0 Å². The molecule has 0 spiro atoms. The third-order valence-electron chi connectivity index (χ3n) is 3.46. The van der Waals surface area contributed by atoms with Crippen molar-refractivity contribution in [2.75, 3.05) is 10.2 Å². The number of fused-ring (bicyclic) bond motifs is 1. The van der Waals surface area contributed by atoms with E-state index in [1.54, 1.807) is 23.1 Å². The average molecular weight is 278 g/mol. The summed E-state index contributed by atoms with van der Waals surface area (Å²) in [6.07, 6.45) is 1.81. The average Bonchev–Trinajstić information content (AvgIpc) is 3.09. The van der Waals surface area contributed by atoms with E-state index in [1.807, 2.05) is 0 Å². The van der Waals surface area contributed by atoms with Gasteiger partial charge in [-0.15, -0.1) is 0 Å². The van der Waals surface area contributed by atoms with E-state index in [9.17, 15) is 8.78 Å². The van der Waals surface area contributed by atoms with Gasteiger partial charge in [0.25, 0.3) is 5.92 Å². The zero-order valence-electron chi connectivity index (χ0n) is 11.2. The molecular weight excluding hydrogens is 262 g/mol. The number of hydrogen-bond acceptors (Lipinski definition) is 3. The van der Waals surface area contributed by atoms with Crippen LogP contribution >= 0.6 is 0 Å². The summed E-state index contributed by atoms with van der Waals surface area (Å²) >= 11 is 0. The van der Waals surface area contributed by atoms with Crippen LogP contribution < -0.4 is 15.0 Å². The molecule has 3 rings (SSSR count). The minimum atomic E-state index is -2.94. The molecule has 1 fully saturated rings. The molecule has 0 aromatic heterocycles. The van der Waals surface area contributed by atoms with Crippen molar-refractivity contribution in [3.63, 3.8) is 0 Å². The molecule has 2 aliphatic rings. The number of benzene rings is 1. The lowest BCUT2D eigenvalue weighted by Crippen LogP contribution is -2.33. The molecule has 0 radical (unpaired) electrons. The Morgan fingerprint density at radius 2 is 2.15 bits per heavy atom. The fraction of sp³-hybridized carbons (Fsp3) is 0.333. The molecule has 106 valence electrons. The van der Waals surface area contributed by atoms with Gasteiger partial charge in [0.05, 0.1) is 11.4 Å². The van der Waals surface area contributed by atoms with E-state index in [0.29, 0.717) is 17.3 Å². The maximum absolute atomic E-state index is 13.6. The Hall–Kier alpha value is -2.04. The summed E-state index contributed by atoms with van der Waals surface area (Å²) in [6.45, 7) is 8.14. The number of allylic oxidation sites excluding steroid dienone is 1. The zero-order chi connectivity index (χ0) is 14.5. The number of anilines is 2. The first-order valence-corrected chi connectivity index (χ1v) is 6.50. The molecule has 0 atom stereocenters. The van der Waals surface area contributed by atoms with E-state index in [1.165, 1.54) is 0 Å². The Labute approximate surface area is 116 Å². The van der Waals surface area contributed by atoms with Crippen molar-refractivity contribution in [1.29, 1.82) is 0 Å². The summed E-state index contributed by atoms with van der Waals surface area (Å²) < 4.78 is 32.5. The number of alkyl halides is 2. The number of rotatable bonds is 4. The summed E-state index contributed by atoms with van der Waals surface area (Å²) in [6, 6.07) is 5.43. The van der Waals surface area contributed by atoms with E-state index in [-0.39, 0.29) is 11.7 Å². The van der Waals surface area contributed by atoms with Crippen molar-refractivity contribution in [1.82, 2.24) is 0 Å². The van der Waals surface area contributed by atoms with Gasteiger partial charge in [-0.3, -0.25) is 0 Å². The molecule has 0 unspecified atom stereocenters. The van der Waals surface area contributed by atoms with Crippen LogP contribution in [0.3, 0.4) is 0 Å². The van der Waals surface area contributed by atoms with Crippen LogP contribution in [0.2, 0.25) is 0 Å². The highest BCUT2D eigenvalue weighted by Gasteiger charge is 2.39. The van der Waals surface area contributed by atoms with Crippen molar-refractivity contribution in [2.24, 2.45) is 0 Å². The van der Waals surface area contributed by atoms with Crippen LogP contribution in [0.1, 0.15) is 19.8 Å². The topological polar surface area (TPSA) is 24.5 Å². The van der Waals surface area contributed by atoms with Crippen LogP contribution in [-0.2, 0) is 0 Å². The van der Waals surface area contributed by atoms with Crippen LogP contribution in [0.25, 0.3) is 0 Å². The summed E-state index contributed by atoms with van der Waals surface area (Å²) in [5.74, 6) is -1.84. The molecule has 0 saturated heterocycles. The normalized spacial score (nSPS) is 17.2. The second-order valence-electron chi connectivity index (χ2n) is 5.27. The molecule has 1 aliphatic carbocycles. The minimum Gasteiger partial charge on any atom is -0.440 e. The highest BCUT2D eigenvalue weighted by atomic mass is 19.3. The molecule has 1 aromatic carbocycles. The van der Waals surface area contributed by atoms with E-state index in [2.05, 4.69) is 18.5 Å². The van der Waals surface area contributed by atoms with Crippen molar-refractivity contribution >= 4 is 11.4 Å². The Kier molecular flexibility index (Phi) is 2.74. The third kappa shape index (κ3) is 2.24. The van der Waals surface area contributed by atoms with Crippen LogP contribution in [0.15, 0.2) is 42.9 Å². The molecular formula is C15H16F2N2O. The molecule has 1 heterocycles. The molecule has 1 N–H and O–H groups in total. The van der Waals surface area contributed by atoms with Gasteiger partial charge in [-0.05, 0) is 37.6 Å². The van der Waals surface area contributed by atoms with Gasteiger partial charge in [0.1, 0.15) is 0 Å². The number of halogens is 2. The molecule has 20 heavy (non-hydrogen) atoms. The van der Waals surface area contributed by atoms with E-state index < -0.39 is 5.92 Å². The Balaban J connectivity index is 1.95. The largest absolute Gasteiger partial charge is 0.440 e. The standard InChI is InChI=1S/C15H16F2N2O/c1-9(15(3,16)17)19(11-4-5-11)12-6-7-14-13(8-12)18-10(2)20-14/h6-8,11,18H,1-2,4-5H2,3H3. The maximum atomic E-state index is 13.6. The summed E-state index contributed by atoms with van der Waals surface area (Å²) in [4.78, 5) is 1.63. The number of nitrogens with zero attached hydrogens (tertiary/aromatic N) is 1. The SMILES string of the molecule is C=C1Nc2cc(N(C(=C)C(C)(F)F)C3CC3)ccc2O1. The quantitative estimate of drug-likeness (QED) is 0.897. The van der Waals surface area contributed by atoms with Crippen molar-refractivity contribution < 1.29 is 13.5 Å². The summed E-state index contributed by atoms with van der Waals surface area (Å²) in [5.41, 5.74) is 1.27. The van der Waals surface area contributed by atoms with Gasteiger partial charge in [0, 0.05) is 18.7 Å². The lowest BCUT2D eigenvalue weighted by Gasteiger charge is -2.30. The number of ether oxygens (including phenoxy) is 1. The van der Waals surface area contributed by atoms with E-state index in [0.717, 1.165) is 25.5 Å². The van der Waals surface area contributed by atoms with Crippen molar-refractivity contribution in [2.45, 2.75) is 31.7 Å². The van der Waals surface area contributed by atoms with Crippen molar-refractivity contribution in [3.05, 3.63) is 42.9 Å². The highest BCUT2D eigenvalue weighted by molar-refractivity contribution is 5.72. The van der Waals surface area contributed by atoms with Crippen molar-refractivity contribution in [3.8, 4) is 5.75 Å². The first kappa shape index (κ1) is 13.0. The summed E-state index contributed by atoms with van der Waals surface area (Å²) in [5, 5.41) is 2.97. The molecule has 0 bridgehead atoms. The van der Waals surface area contributed by atoms with Crippen LogP contribution in [0.5, 0.6) is 5.75 Å². The minimum absolute atomic E-state index is 0.108. The molecule has 5 heteroatoms. The van der Waals surface area contributed by atoms with Crippen LogP contribution in [-0.4, -0.2) is 12.0 Å². The monoisotopic (exact) mass is 278 g/mol. The lowest BCUT2D eigenvalue weighted by molar-refractivity contribution is 0.0606. The first-order valence-electron chi connectivity index (χ1n) is 6.50. The van der Waals surface area contributed by atoms with E-state index in [4.69, 9.17) is 4.74 Å². The van der Waals surface area contributed by atoms with Gasteiger partial charge in [-0.1, -0.05) is 6.58 Å². The summed E-state index contributed by atoms with van der Waals surface area (Å²) in [7, 11) is 0. The second kappa shape index (κ2) is 4.23. The zero-order valence-corrected chi connectivity index (χ0v) is 11.2. The molecule has 1 saturated carbocycles. The Morgan fingerprint density at radius 3 is 2.75 bits per heavy atom. The number of hydrogen-bond donors (Lipinski definition) is 1. The van der Waals surface area contributed by atoms with Crippen LogP contribution in [0, 0.1) is 0 Å². The molecule has 1 aromatic rings. The predicted octanol–water partition coefficient (Wildman–Crippen LogP) is 4.10. The fourth-order valence-corrected chi connectivity index (χ4v) is 2.29. The molecule has 1 aliphatic heterocycles. The van der Waals surface area contributed by atoms with Gasteiger partial charge in [0.15, 0.2) is 11.6 Å². The lowest BCUT2D eigenvalue weighted by atomic mass is 10.2. The van der Waals surface area contributed by atoms with Gasteiger partial charge in [0.2, 0.25) is 0 Å². The van der Waals surface area contributed by atoms with Crippen LogP contribution in [0.4, 0.5) is 20.2 Å². The Bertz CT molecular complexity index is 588. The number of nitrogens with one attached hydrogen (secondary N) is 1. The highest BCUT2D eigenvalue weighted by Crippen LogP contribution is 2.42. The third-order valence-corrected chi connectivity index (χ3v) is 3.46. The smallest absolute Gasteiger partial charge is 0.284 e. The fourth-order valence-electron chi connectivity index (χ4n) is 2.29. The predicted molar refractivity (Wildman–Crippen MR) is 75.1 cm³/mol. The van der Waals surface area contributed by atoms with Gasteiger partial charge < -0.3 is 15.0 Å². The first-order chi connectivity index (χ1) is 9.36. The Morgan fingerprint density at radius 1 is 1.45 bits per heavy atom. The molecule has 3 nitrogen and oxygen atoms in total. The van der Waals surface area contributed by atoms with Gasteiger partial charge >= 0.3 is 0 Å². The van der Waals surface area contributed by atoms with Gasteiger partial charge in [-0.25, -0.2) is 8.78 Å².